The predicted molar refractivity (Wildman–Crippen MR) is 130 cm³/mol. The van der Waals surface area contributed by atoms with Gasteiger partial charge in [0, 0.05) is 18.5 Å². The van der Waals surface area contributed by atoms with E-state index in [1.165, 1.54) is 4.90 Å². The van der Waals surface area contributed by atoms with Gasteiger partial charge < -0.3 is 10.0 Å². The third kappa shape index (κ3) is 3.98. The molecule has 0 saturated carbocycles. The Kier molecular flexibility index (Phi) is 6.11. The van der Waals surface area contributed by atoms with Crippen molar-refractivity contribution in [1.29, 1.82) is 0 Å². The Balaban J connectivity index is 1.84. The van der Waals surface area contributed by atoms with Crippen LogP contribution in [0.4, 0.5) is 5.69 Å². The van der Waals surface area contributed by atoms with E-state index in [1.807, 2.05) is 49.2 Å². The topological polar surface area (TPSA) is 82.9 Å². The Labute approximate surface area is 195 Å². The van der Waals surface area contributed by atoms with Crippen molar-refractivity contribution in [3.8, 4) is 0 Å². The zero-order valence-corrected chi connectivity index (χ0v) is 19.8. The Morgan fingerprint density at radius 2 is 1.94 bits per heavy atom. The lowest BCUT2D eigenvalue weighted by atomic mass is 10.3. The Hall–Kier alpha value is -2.34. The van der Waals surface area contributed by atoms with E-state index in [0.717, 1.165) is 43.3 Å². The molecule has 0 radical (unpaired) electrons. The first-order chi connectivity index (χ1) is 14.8. The molecule has 31 heavy (non-hydrogen) atoms. The molecule has 160 valence electrons. The molecule has 0 bridgehead atoms. The summed E-state index contributed by atoms with van der Waals surface area (Å²) in [5, 5.41) is 10.2. The van der Waals surface area contributed by atoms with Gasteiger partial charge in [-0.05, 0) is 31.2 Å². The standard InChI is InChI=1S/C20H17N3O4S4/c1-3-22-18(27)16(31-20(22)28)19-23(10-15(24)25)17(26)13(30-19)8-9-14-21(2)11-6-4-5-7-12(11)29-14/h4-9H,3,10H2,1-2H3,(H,24,25)/b13-8-,14-9+,19-16-. The quantitative estimate of drug-likeness (QED) is 0.649. The number of thiocarbonyl (C=S) groups is 1. The van der Waals surface area contributed by atoms with Crippen LogP contribution in [0.15, 0.2) is 45.1 Å². The number of hydrogen-bond donors (Lipinski definition) is 1. The van der Waals surface area contributed by atoms with E-state index >= 15 is 0 Å². The first-order valence-electron chi connectivity index (χ1n) is 9.23. The maximum atomic E-state index is 13.0. The number of para-hydroxylation sites is 1. The van der Waals surface area contributed by atoms with Crippen LogP contribution in [0, 0.1) is 0 Å². The monoisotopic (exact) mass is 491 g/mol. The van der Waals surface area contributed by atoms with Crippen molar-refractivity contribution in [2.24, 2.45) is 0 Å². The number of carboxylic acid groups (broad SMARTS) is 1. The molecule has 11 heteroatoms. The van der Waals surface area contributed by atoms with Crippen LogP contribution in [0.2, 0.25) is 0 Å². The van der Waals surface area contributed by atoms with E-state index < -0.39 is 18.1 Å². The van der Waals surface area contributed by atoms with Gasteiger partial charge in [0.15, 0.2) is 0 Å². The number of fused-ring (bicyclic) bond motifs is 1. The highest BCUT2D eigenvalue weighted by atomic mass is 32.2. The molecule has 1 fully saturated rings. The summed E-state index contributed by atoms with van der Waals surface area (Å²) >= 11 is 9.05. The number of carbonyl (C=O) groups is 2. The van der Waals surface area contributed by atoms with Crippen LogP contribution in [-0.2, 0) is 16.1 Å². The summed E-state index contributed by atoms with van der Waals surface area (Å²) in [6.45, 7) is 1.70. The number of anilines is 1. The summed E-state index contributed by atoms with van der Waals surface area (Å²) in [4.78, 5) is 42.0. The Morgan fingerprint density at radius 3 is 2.58 bits per heavy atom. The highest BCUT2D eigenvalue weighted by Gasteiger charge is 2.33. The molecular formula is C20H17N3O4S4. The molecule has 2 aliphatic rings. The number of hydrogen-bond acceptors (Lipinski definition) is 8. The van der Waals surface area contributed by atoms with E-state index in [9.17, 15) is 19.5 Å². The van der Waals surface area contributed by atoms with Gasteiger partial charge in [0.2, 0.25) is 0 Å². The van der Waals surface area contributed by atoms with E-state index in [2.05, 4.69) is 0 Å². The highest BCUT2D eigenvalue weighted by molar-refractivity contribution is 8.30. The number of thioether (sulfide) groups is 2. The number of nitrogens with zero attached hydrogens (tertiary/aromatic N) is 3. The summed E-state index contributed by atoms with van der Waals surface area (Å²) in [6.07, 6.45) is 3.52. The molecule has 0 atom stereocenters. The molecule has 2 aliphatic heterocycles. The van der Waals surface area contributed by atoms with Gasteiger partial charge in [-0.15, -0.1) is 11.3 Å². The summed E-state index contributed by atoms with van der Waals surface area (Å²) in [6, 6.07) is 7.99. The van der Waals surface area contributed by atoms with Crippen molar-refractivity contribution in [1.82, 2.24) is 9.47 Å². The van der Waals surface area contributed by atoms with Crippen molar-refractivity contribution in [3.05, 3.63) is 54.9 Å². The van der Waals surface area contributed by atoms with Gasteiger partial charge in [0.05, 0.1) is 15.2 Å². The lowest BCUT2D eigenvalue weighted by molar-refractivity contribution is -0.137. The highest BCUT2D eigenvalue weighted by Crippen LogP contribution is 2.44. The van der Waals surface area contributed by atoms with Crippen LogP contribution in [0.25, 0.3) is 11.0 Å². The zero-order valence-electron chi connectivity index (χ0n) is 16.5. The van der Waals surface area contributed by atoms with Crippen LogP contribution < -0.4 is 19.7 Å². The van der Waals surface area contributed by atoms with Gasteiger partial charge in [0.1, 0.15) is 20.4 Å². The fourth-order valence-electron chi connectivity index (χ4n) is 3.19. The molecule has 0 aliphatic carbocycles. The first-order valence-corrected chi connectivity index (χ1v) is 12.1. The van der Waals surface area contributed by atoms with Gasteiger partial charge in [-0.25, -0.2) is 0 Å². The summed E-state index contributed by atoms with van der Waals surface area (Å²) in [5.41, 5.74) is 0.642. The smallest absolute Gasteiger partial charge is 0.323 e. The van der Waals surface area contributed by atoms with Crippen molar-refractivity contribution >= 4 is 79.9 Å². The molecule has 7 nitrogen and oxygen atoms in total. The number of allylic oxidation sites excluding steroid dienone is 1. The van der Waals surface area contributed by atoms with Gasteiger partial charge in [-0.3, -0.25) is 23.9 Å². The second-order valence-corrected chi connectivity index (χ2v) is 10.3. The van der Waals surface area contributed by atoms with Crippen molar-refractivity contribution in [2.75, 3.05) is 18.5 Å². The second kappa shape index (κ2) is 8.65. The Bertz CT molecular complexity index is 1320. The number of carboxylic acids is 1. The zero-order chi connectivity index (χ0) is 22.3. The average Bonchev–Trinajstić information content (AvgIpc) is 3.32. The minimum absolute atomic E-state index is 0.294. The van der Waals surface area contributed by atoms with Gasteiger partial charge in [-0.1, -0.05) is 47.9 Å². The molecule has 2 aromatic rings. The third-order valence-corrected chi connectivity index (χ3v) is 8.61. The average molecular weight is 492 g/mol. The predicted octanol–water partition coefficient (Wildman–Crippen LogP) is 1.85. The van der Waals surface area contributed by atoms with Crippen LogP contribution >= 0.6 is 47.1 Å². The molecule has 0 unspecified atom stereocenters. The third-order valence-electron chi connectivity index (χ3n) is 4.71. The largest absolute Gasteiger partial charge is 0.480 e. The number of aromatic nitrogens is 1. The summed E-state index contributed by atoms with van der Waals surface area (Å²) in [7, 11) is 1.95. The molecule has 4 rings (SSSR count). The van der Waals surface area contributed by atoms with Gasteiger partial charge >= 0.3 is 5.97 Å². The molecular weight excluding hydrogens is 475 g/mol. The lowest BCUT2D eigenvalue weighted by Gasteiger charge is -2.12. The first kappa shape index (κ1) is 21.9. The lowest BCUT2D eigenvalue weighted by Crippen LogP contribution is -2.35. The van der Waals surface area contributed by atoms with E-state index in [1.54, 1.807) is 17.8 Å². The molecule has 1 saturated heterocycles. The SMILES string of the molecule is CCN1C(=O)/C(=c2/s/c(=C\C=C3\Sc4ccccc4N3C)c(=O)n2CC(=O)O)SC1=S. The van der Waals surface area contributed by atoms with Crippen LogP contribution in [0.3, 0.4) is 0 Å². The van der Waals surface area contributed by atoms with Crippen LogP contribution in [0.1, 0.15) is 6.92 Å². The van der Waals surface area contributed by atoms with Crippen molar-refractivity contribution in [3.63, 3.8) is 0 Å². The maximum absolute atomic E-state index is 13.0. The second-order valence-electron chi connectivity index (χ2n) is 6.60. The molecule has 1 aromatic heterocycles. The van der Waals surface area contributed by atoms with Gasteiger partial charge in [0.25, 0.3) is 11.5 Å². The number of benzene rings is 1. The number of aliphatic carboxylic acids is 1. The summed E-state index contributed by atoms with van der Waals surface area (Å²) in [5.74, 6) is -1.46. The fourth-order valence-corrected chi connectivity index (χ4v) is 6.83. The minimum atomic E-state index is -1.15. The molecule has 1 N–H and O–H groups in total. The molecule has 1 amide bonds. The number of thiazole rings is 1. The van der Waals surface area contributed by atoms with Gasteiger partial charge in [-0.2, -0.15) is 0 Å². The van der Waals surface area contributed by atoms with E-state index in [0.29, 0.717) is 25.0 Å². The number of carbonyl (C=O) groups excluding carboxylic acids is 1. The molecule has 0 spiro atoms. The van der Waals surface area contributed by atoms with E-state index in [4.69, 9.17) is 12.2 Å². The fraction of sp³-hybridized carbons (Fsp3) is 0.200. The normalized spacial score (nSPS) is 19.7. The van der Waals surface area contributed by atoms with E-state index in [-0.39, 0.29) is 5.91 Å². The maximum Gasteiger partial charge on any atom is 0.323 e. The Morgan fingerprint density at radius 1 is 1.19 bits per heavy atom. The minimum Gasteiger partial charge on any atom is -0.480 e. The molecule has 1 aromatic carbocycles. The number of amides is 1. The van der Waals surface area contributed by atoms with Crippen molar-refractivity contribution in [2.45, 2.75) is 18.4 Å². The summed E-state index contributed by atoms with van der Waals surface area (Å²) < 4.78 is 2.22. The number of rotatable bonds is 4. The van der Waals surface area contributed by atoms with Crippen molar-refractivity contribution < 1.29 is 14.7 Å². The van der Waals surface area contributed by atoms with Crippen LogP contribution in [0.5, 0.6) is 0 Å². The molecule has 3 heterocycles. The van der Waals surface area contributed by atoms with Crippen LogP contribution in [-0.4, -0.2) is 44.4 Å².